The monoisotopic (exact) mass is 330 g/mol. The largest absolute Gasteiger partial charge is 0.145 e. The van der Waals surface area contributed by atoms with E-state index < -0.39 is 0 Å². The predicted molar refractivity (Wildman–Crippen MR) is 88.5 cm³/mol. The molecule has 0 saturated carbocycles. The maximum Gasteiger partial charge on any atom is 0.0106 e. The Kier molecular flexibility index (Phi) is 7.55. The lowest BCUT2D eigenvalue weighted by Crippen LogP contribution is -1.91. The minimum absolute atomic E-state index is 0.676. The standard InChI is InChI=1S/C16H27BrS/c1-12(2)15-11-14(16(18-15)13(3)4)9-7-5-6-8-10-17/h11-13H,5-10H2,1-4H3. The highest BCUT2D eigenvalue weighted by atomic mass is 79.9. The SMILES string of the molecule is CC(C)c1cc(CCCCCCBr)c(C(C)C)s1. The zero-order chi connectivity index (χ0) is 13.5. The van der Waals surface area contributed by atoms with Crippen LogP contribution in [-0.4, -0.2) is 5.33 Å². The van der Waals surface area contributed by atoms with Crippen LogP contribution in [0.5, 0.6) is 0 Å². The van der Waals surface area contributed by atoms with E-state index in [0.29, 0.717) is 11.8 Å². The van der Waals surface area contributed by atoms with Crippen molar-refractivity contribution >= 4 is 27.3 Å². The molecule has 1 heterocycles. The maximum atomic E-state index is 3.50. The second-order valence-corrected chi connectivity index (χ2v) is 7.61. The molecule has 0 aliphatic heterocycles. The van der Waals surface area contributed by atoms with Crippen molar-refractivity contribution in [2.24, 2.45) is 0 Å². The minimum atomic E-state index is 0.676. The quantitative estimate of drug-likeness (QED) is 0.377. The van der Waals surface area contributed by atoms with Gasteiger partial charge in [-0.1, -0.05) is 56.5 Å². The average Bonchev–Trinajstić information content (AvgIpc) is 2.73. The molecule has 1 aromatic rings. The predicted octanol–water partition coefficient (Wildman–Crippen LogP) is 6.49. The van der Waals surface area contributed by atoms with Gasteiger partial charge in [-0.15, -0.1) is 11.3 Å². The van der Waals surface area contributed by atoms with Crippen LogP contribution < -0.4 is 0 Å². The molecular formula is C16H27BrS. The van der Waals surface area contributed by atoms with E-state index in [4.69, 9.17) is 0 Å². The van der Waals surface area contributed by atoms with Crippen molar-refractivity contribution in [2.75, 3.05) is 5.33 Å². The molecule has 104 valence electrons. The number of rotatable bonds is 8. The number of halogens is 1. The maximum absolute atomic E-state index is 3.50. The average molecular weight is 331 g/mol. The lowest BCUT2D eigenvalue weighted by molar-refractivity contribution is 0.668. The Morgan fingerprint density at radius 3 is 2.22 bits per heavy atom. The van der Waals surface area contributed by atoms with E-state index in [2.05, 4.69) is 49.7 Å². The van der Waals surface area contributed by atoms with Gasteiger partial charge in [-0.25, -0.2) is 0 Å². The van der Waals surface area contributed by atoms with Gasteiger partial charge in [0, 0.05) is 15.1 Å². The molecular weight excluding hydrogens is 304 g/mol. The second-order valence-electron chi connectivity index (χ2n) is 5.70. The van der Waals surface area contributed by atoms with Gasteiger partial charge in [0.25, 0.3) is 0 Å². The zero-order valence-electron chi connectivity index (χ0n) is 12.3. The van der Waals surface area contributed by atoms with Crippen molar-refractivity contribution in [2.45, 2.75) is 71.6 Å². The number of aryl methyl sites for hydroxylation is 1. The third kappa shape index (κ3) is 5.05. The lowest BCUT2D eigenvalue weighted by atomic mass is 10.0. The summed E-state index contributed by atoms with van der Waals surface area (Å²) in [6.45, 7) is 9.25. The normalized spacial score (nSPS) is 11.7. The highest BCUT2D eigenvalue weighted by Crippen LogP contribution is 2.34. The summed E-state index contributed by atoms with van der Waals surface area (Å²) < 4.78 is 0. The van der Waals surface area contributed by atoms with E-state index in [-0.39, 0.29) is 0 Å². The topological polar surface area (TPSA) is 0 Å². The van der Waals surface area contributed by atoms with Crippen LogP contribution in [0.25, 0.3) is 0 Å². The van der Waals surface area contributed by atoms with Gasteiger partial charge in [0.05, 0.1) is 0 Å². The van der Waals surface area contributed by atoms with Crippen molar-refractivity contribution < 1.29 is 0 Å². The van der Waals surface area contributed by atoms with Gasteiger partial charge in [-0.2, -0.15) is 0 Å². The van der Waals surface area contributed by atoms with Crippen molar-refractivity contribution in [1.82, 2.24) is 0 Å². The number of unbranched alkanes of at least 4 members (excludes halogenated alkanes) is 3. The first-order valence-electron chi connectivity index (χ1n) is 7.24. The molecule has 0 aliphatic carbocycles. The Balaban J connectivity index is 2.57. The van der Waals surface area contributed by atoms with Crippen LogP contribution in [0, 0.1) is 0 Å². The van der Waals surface area contributed by atoms with Crippen LogP contribution in [0.15, 0.2) is 6.07 Å². The molecule has 0 unspecified atom stereocenters. The molecule has 0 fully saturated rings. The Hall–Kier alpha value is 0.180. The minimum Gasteiger partial charge on any atom is -0.145 e. The van der Waals surface area contributed by atoms with Gasteiger partial charge in [0.15, 0.2) is 0 Å². The molecule has 1 rings (SSSR count). The number of alkyl halides is 1. The molecule has 0 atom stereocenters. The molecule has 0 aliphatic rings. The molecule has 0 aromatic carbocycles. The molecule has 18 heavy (non-hydrogen) atoms. The van der Waals surface area contributed by atoms with Crippen LogP contribution in [0.1, 0.15) is 80.5 Å². The van der Waals surface area contributed by atoms with E-state index in [1.807, 2.05) is 11.3 Å². The van der Waals surface area contributed by atoms with Gasteiger partial charge < -0.3 is 0 Å². The third-order valence-electron chi connectivity index (χ3n) is 3.28. The summed E-state index contributed by atoms with van der Waals surface area (Å²) in [6.07, 6.45) is 6.68. The highest BCUT2D eigenvalue weighted by molar-refractivity contribution is 9.09. The lowest BCUT2D eigenvalue weighted by Gasteiger charge is -2.06. The van der Waals surface area contributed by atoms with Gasteiger partial charge in [-0.3, -0.25) is 0 Å². The fourth-order valence-electron chi connectivity index (χ4n) is 2.20. The Morgan fingerprint density at radius 2 is 1.67 bits per heavy atom. The molecule has 2 heteroatoms. The van der Waals surface area contributed by atoms with E-state index in [1.54, 1.807) is 15.3 Å². The van der Waals surface area contributed by atoms with Crippen LogP contribution in [0.4, 0.5) is 0 Å². The second kappa shape index (κ2) is 8.37. The first kappa shape index (κ1) is 16.2. The van der Waals surface area contributed by atoms with Crippen molar-refractivity contribution in [3.8, 4) is 0 Å². The highest BCUT2D eigenvalue weighted by Gasteiger charge is 2.13. The van der Waals surface area contributed by atoms with Gasteiger partial charge >= 0.3 is 0 Å². The van der Waals surface area contributed by atoms with E-state index >= 15 is 0 Å². The summed E-state index contributed by atoms with van der Waals surface area (Å²) in [6, 6.07) is 2.47. The first-order chi connectivity index (χ1) is 8.56. The summed E-state index contributed by atoms with van der Waals surface area (Å²) >= 11 is 5.53. The molecule has 0 N–H and O–H groups in total. The van der Waals surface area contributed by atoms with Gasteiger partial charge in [0.2, 0.25) is 0 Å². The van der Waals surface area contributed by atoms with E-state index in [1.165, 1.54) is 32.1 Å². The van der Waals surface area contributed by atoms with Crippen molar-refractivity contribution in [3.05, 3.63) is 21.4 Å². The van der Waals surface area contributed by atoms with Crippen LogP contribution in [-0.2, 0) is 6.42 Å². The van der Waals surface area contributed by atoms with Gasteiger partial charge in [0.1, 0.15) is 0 Å². The Bertz CT molecular complexity index is 339. The molecule has 0 spiro atoms. The molecule has 1 aromatic heterocycles. The summed E-state index contributed by atoms with van der Waals surface area (Å²) in [5.41, 5.74) is 1.62. The van der Waals surface area contributed by atoms with E-state index in [0.717, 1.165) is 5.33 Å². The van der Waals surface area contributed by atoms with Gasteiger partial charge in [-0.05, 0) is 42.7 Å². The molecule has 0 saturated heterocycles. The first-order valence-corrected chi connectivity index (χ1v) is 9.18. The smallest absolute Gasteiger partial charge is 0.0106 e. The summed E-state index contributed by atoms with van der Waals surface area (Å²) in [5.74, 6) is 1.36. The van der Waals surface area contributed by atoms with Crippen molar-refractivity contribution in [3.63, 3.8) is 0 Å². The van der Waals surface area contributed by atoms with Crippen LogP contribution >= 0.6 is 27.3 Å². The van der Waals surface area contributed by atoms with E-state index in [9.17, 15) is 0 Å². The number of thiophene rings is 1. The summed E-state index contributed by atoms with van der Waals surface area (Å²) in [4.78, 5) is 3.19. The van der Waals surface area contributed by atoms with Crippen LogP contribution in [0.2, 0.25) is 0 Å². The Labute approximate surface area is 125 Å². The molecule has 0 nitrogen and oxygen atoms in total. The number of hydrogen-bond donors (Lipinski definition) is 0. The third-order valence-corrected chi connectivity index (χ3v) is 5.62. The fraction of sp³-hybridized carbons (Fsp3) is 0.750. The zero-order valence-corrected chi connectivity index (χ0v) is 14.7. The fourth-order valence-corrected chi connectivity index (χ4v) is 3.81. The molecule has 0 bridgehead atoms. The summed E-state index contributed by atoms with van der Waals surface area (Å²) in [7, 11) is 0. The van der Waals surface area contributed by atoms with Crippen LogP contribution in [0.3, 0.4) is 0 Å². The van der Waals surface area contributed by atoms with Crippen molar-refractivity contribution in [1.29, 1.82) is 0 Å². The number of hydrogen-bond acceptors (Lipinski definition) is 1. The molecule has 0 amide bonds. The molecule has 0 radical (unpaired) electrons. The summed E-state index contributed by atoms with van der Waals surface area (Å²) in [5, 5.41) is 1.15. The Morgan fingerprint density at radius 1 is 1.00 bits per heavy atom.